The third-order valence-electron chi connectivity index (χ3n) is 3.56. The molecule has 1 aromatic heterocycles. The third-order valence-corrected chi connectivity index (χ3v) is 3.56. The van der Waals surface area contributed by atoms with Crippen molar-refractivity contribution in [2.75, 3.05) is 7.11 Å². The van der Waals surface area contributed by atoms with Crippen LogP contribution in [0.4, 0.5) is 0 Å². The summed E-state index contributed by atoms with van der Waals surface area (Å²) >= 11 is 0. The maximum atomic E-state index is 6.27. The molecule has 0 aliphatic heterocycles. The number of nitrogens with two attached hydrogens (primary N) is 1. The van der Waals surface area contributed by atoms with Crippen molar-refractivity contribution in [1.29, 1.82) is 0 Å². The van der Waals surface area contributed by atoms with Crippen molar-refractivity contribution in [2.45, 2.75) is 13.0 Å². The number of hydrogen-bond donors (Lipinski definition) is 2. The topological polar surface area (TPSA) is 76.8 Å². The summed E-state index contributed by atoms with van der Waals surface area (Å²) in [6, 6.07) is 15.3. The van der Waals surface area contributed by atoms with Gasteiger partial charge in [-0.05, 0) is 24.6 Å². The average Bonchev–Trinajstić information content (AvgIpc) is 3.05. The summed E-state index contributed by atoms with van der Waals surface area (Å²) in [5.74, 6) is 2.04. The number of benzene rings is 2. The molecule has 3 aromatic rings. The lowest BCUT2D eigenvalue weighted by molar-refractivity contribution is 0.414. The number of methoxy groups -OCH3 is 1. The van der Waals surface area contributed by atoms with Gasteiger partial charge in [0.1, 0.15) is 11.6 Å². The molecule has 3 rings (SSSR count). The zero-order chi connectivity index (χ0) is 15.5. The molecule has 3 N–H and O–H groups in total. The Morgan fingerprint density at radius 1 is 1.14 bits per heavy atom. The van der Waals surface area contributed by atoms with Gasteiger partial charge in [0.05, 0.1) is 13.2 Å². The van der Waals surface area contributed by atoms with E-state index in [9.17, 15) is 0 Å². The van der Waals surface area contributed by atoms with E-state index in [2.05, 4.69) is 15.2 Å². The molecule has 0 saturated carbocycles. The van der Waals surface area contributed by atoms with Crippen LogP contribution in [0.1, 0.15) is 23.0 Å². The number of ether oxygens (including phenoxy) is 1. The molecule has 0 radical (unpaired) electrons. The lowest BCUT2D eigenvalue weighted by Crippen LogP contribution is -2.13. The average molecular weight is 294 g/mol. The molecule has 0 aliphatic rings. The molecule has 1 atom stereocenters. The van der Waals surface area contributed by atoms with E-state index in [1.807, 2.05) is 55.5 Å². The first kappa shape index (κ1) is 14.3. The zero-order valence-corrected chi connectivity index (χ0v) is 12.6. The van der Waals surface area contributed by atoms with Crippen molar-refractivity contribution in [3.05, 3.63) is 65.5 Å². The van der Waals surface area contributed by atoms with Crippen LogP contribution in [0, 0.1) is 6.92 Å². The normalized spacial score (nSPS) is 12.1. The van der Waals surface area contributed by atoms with Crippen molar-refractivity contribution in [3.8, 4) is 17.1 Å². The van der Waals surface area contributed by atoms with Crippen molar-refractivity contribution in [1.82, 2.24) is 15.2 Å². The van der Waals surface area contributed by atoms with Crippen molar-refractivity contribution >= 4 is 0 Å². The largest absolute Gasteiger partial charge is 0.497 e. The minimum Gasteiger partial charge on any atom is -0.497 e. The Morgan fingerprint density at radius 3 is 2.64 bits per heavy atom. The van der Waals surface area contributed by atoms with Crippen LogP contribution in [-0.4, -0.2) is 22.3 Å². The quantitative estimate of drug-likeness (QED) is 0.775. The van der Waals surface area contributed by atoms with Crippen LogP contribution in [0.25, 0.3) is 11.4 Å². The summed E-state index contributed by atoms with van der Waals surface area (Å²) in [5.41, 5.74) is 9.35. The number of H-pyrrole nitrogens is 1. The molecule has 5 heteroatoms. The molecule has 0 fully saturated rings. The first-order chi connectivity index (χ1) is 10.7. The van der Waals surface area contributed by atoms with Gasteiger partial charge in [-0.2, -0.15) is 5.10 Å². The highest BCUT2D eigenvalue weighted by atomic mass is 16.5. The first-order valence-corrected chi connectivity index (χ1v) is 7.06. The van der Waals surface area contributed by atoms with Crippen molar-refractivity contribution in [3.63, 3.8) is 0 Å². The van der Waals surface area contributed by atoms with E-state index in [0.717, 1.165) is 16.9 Å². The van der Waals surface area contributed by atoms with Gasteiger partial charge in [0, 0.05) is 5.56 Å². The Balaban J connectivity index is 1.87. The maximum absolute atomic E-state index is 6.27. The second kappa shape index (κ2) is 5.99. The van der Waals surface area contributed by atoms with Crippen molar-refractivity contribution in [2.24, 2.45) is 5.73 Å². The summed E-state index contributed by atoms with van der Waals surface area (Å²) in [7, 11) is 1.63. The fourth-order valence-electron chi connectivity index (χ4n) is 2.24. The van der Waals surface area contributed by atoms with E-state index >= 15 is 0 Å². The van der Waals surface area contributed by atoms with Crippen LogP contribution in [-0.2, 0) is 0 Å². The number of rotatable bonds is 4. The second-order valence-electron chi connectivity index (χ2n) is 5.16. The van der Waals surface area contributed by atoms with Crippen LogP contribution in [0.15, 0.2) is 48.5 Å². The minimum absolute atomic E-state index is 0.373. The van der Waals surface area contributed by atoms with E-state index in [4.69, 9.17) is 10.5 Å². The minimum atomic E-state index is -0.373. The predicted molar refractivity (Wildman–Crippen MR) is 85.6 cm³/mol. The maximum Gasteiger partial charge on any atom is 0.181 e. The Labute approximate surface area is 129 Å². The summed E-state index contributed by atoms with van der Waals surface area (Å²) < 4.78 is 5.22. The highest BCUT2D eigenvalue weighted by Gasteiger charge is 2.15. The lowest BCUT2D eigenvalue weighted by Gasteiger charge is -2.09. The molecule has 0 amide bonds. The number of aromatic amines is 1. The molecule has 112 valence electrons. The first-order valence-electron chi connectivity index (χ1n) is 7.06. The molecule has 1 heterocycles. The van der Waals surface area contributed by atoms with Crippen LogP contribution in [0.3, 0.4) is 0 Å². The van der Waals surface area contributed by atoms with Gasteiger partial charge >= 0.3 is 0 Å². The molecule has 5 nitrogen and oxygen atoms in total. The van der Waals surface area contributed by atoms with Crippen molar-refractivity contribution < 1.29 is 4.74 Å². The molecule has 2 aromatic carbocycles. The fourth-order valence-corrected chi connectivity index (χ4v) is 2.24. The van der Waals surface area contributed by atoms with Crippen LogP contribution in [0.2, 0.25) is 0 Å². The van der Waals surface area contributed by atoms with E-state index in [0.29, 0.717) is 11.6 Å². The Morgan fingerprint density at radius 2 is 1.91 bits per heavy atom. The number of aryl methyl sites for hydroxylation is 1. The van der Waals surface area contributed by atoms with Gasteiger partial charge in [0.2, 0.25) is 0 Å². The number of nitrogens with zero attached hydrogens (tertiary/aromatic N) is 2. The van der Waals surface area contributed by atoms with Gasteiger partial charge in [0.15, 0.2) is 5.82 Å². The highest BCUT2D eigenvalue weighted by Crippen LogP contribution is 2.23. The van der Waals surface area contributed by atoms with Crippen LogP contribution < -0.4 is 10.5 Å². The standard InChI is InChI=1S/C17H18N4O/c1-11-6-8-12(9-7-11)16-19-17(21-20-16)15(18)13-4-3-5-14(10-13)22-2/h3-10,15H,18H2,1-2H3,(H,19,20,21)/t15-/m1/s1. The highest BCUT2D eigenvalue weighted by molar-refractivity contribution is 5.55. The summed E-state index contributed by atoms with van der Waals surface area (Å²) in [4.78, 5) is 4.51. The molecule has 0 spiro atoms. The van der Waals surface area contributed by atoms with Gasteiger partial charge in [-0.3, -0.25) is 5.10 Å². The monoisotopic (exact) mass is 294 g/mol. The predicted octanol–water partition coefficient (Wildman–Crippen LogP) is 2.84. The van der Waals surface area contributed by atoms with E-state index in [-0.39, 0.29) is 6.04 Å². The summed E-state index contributed by atoms with van der Waals surface area (Å²) in [6.07, 6.45) is 0. The molecule has 0 bridgehead atoms. The smallest absolute Gasteiger partial charge is 0.181 e. The number of nitrogens with one attached hydrogen (secondary N) is 1. The van der Waals surface area contributed by atoms with E-state index in [1.54, 1.807) is 7.11 Å². The molecular weight excluding hydrogens is 276 g/mol. The van der Waals surface area contributed by atoms with E-state index in [1.165, 1.54) is 5.56 Å². The van der Waals surface area contributed by atoms with Gasteiger partial charge in [-0.15, -0.1) is 0 Å². The molecule has 0 aliphatic carbocycles. The second-order valence-corrected chi connectivity index (χ2v) is 5.16. The Bertz CT molecular complexity index is 764. The molecular formula is C17H18N4O. The Hall–Kier alpha value is -2.66. The number of aromatic nitrogens is 3. The lowest BCUT2D eigenvalue weighted by atomic mass is 10.1. The van der Waals surface area contributed by atoms with Crippen LogP contribution in [0.5, 0.6) is 5.75 Å². The zero-order valence-electron chi connectivity index (χ0n) is 12.6. The van der Waals surface area contributed by atoms with Gasteiger partial charge in [-0.25, -0.2) is 4.98 Å². The number of hydrogen-bond acceptors (Lipinski definition) is 4. The van der Waals surface area contributed by atoms with E-state index < -0.39 is 0 Å². The fraction of sp³-hybridized carbons (Fsp3) is 0.176. The molecule has 0 saturated heterocycles. The Kier molecular flexibility index (Phi) is 3.89. The van der Waals surface area contributed by atoms with Gasteiger partial charge in [-0.1, -0.05) is 42.0 Å². The third kappa shape index (κ3) is 2.84. The van der Waals surface area contributed by atoms with Crippen LogP contribution >= 0.6 is 0 Å². The summed E-state index contributed by atoms with van der Waals surface area (Å²) in [6.45, 7) is 2.05. The van der Waals surface area contributed by atoms with Gasteiger partial charge in [0.25, 0.3) is 0 Å². The molecule has 0 unspecified atom stereocenters. The molecule has 22 heavy (non-hydrogen) atoms. The summed E-state index contributed by atoms with van der Waals surface area (Å²) in [5, 5.41) is 7.19. The van der Waals surface area contributed by atoms with Gasteiger partial charge < -0.3 is 10.5 Å². The SMILES string of the molecule is COc1cccc([C@@H](N)c2nc(-c3ccc(C)cc3)n[nH]2)c1.